The molecule has 7 nitrogen and oxygen atoms in total. The van der Waals surface area contributed by atoms with Crippen LogP contribution in [0.15, 0.2) is 36.7 Å². The summed E-state index contributed by atoms with van der Waals surface area (Å²) >= 11 is 0. The molecule has 0 bridgehead atoms. The average Bonchev–Trinajstić information content (AvgIpc) is 3.21. The minimum absolute atomic E-state index is 0.00503. The van der Waals surface area contributed by atoms with Crippen LogP contribution in [0.2, 0.25) is 0 Å². The maximum Gasteiger partial charge on any atom is 0.226 e. The highest BCUT2D eigenvalue weighted by molar-refractivity contribution is 5.79. The first-order valence-corrected chi connectivity index (χ1v) is 9.82. The molecule has 1 atom stereocenters. The average molecular weight is 369 g/mol. The Hall–Kier alpha value is -2.41. The van der Waals surface area contributed by atoms with Gasteiger partial charge in [-0.2, -0.15) is 5.10 Å². The Morgan fingerprint density at radius 2 is 2.07 bits per heavy atom. The third-order valence-corrected chi connectivity index (χ3v) is 5.64. The summed E-state index contributed by atoms with van der Waals surface area (Å²) in [5.74, 6) is 1.02. The van der Waals surface area contributed by atoms with E-state index in [1.165, 1.54) is 0 Å². The van der Waals surface area contributed by atoms with Gasteiger partial charge in [0.2, 0.25) is 11.8 Å². The third-order valence-electron chi connectivity index (χ3n) is 5.64. The van der Waals surface area contributed by atoms with E-state index in [9.17, 15) is 4.79 Å². The number of piperidine rings is 1. The van der Waals surface area contributed by atoms with Crippen LogP contribution in [-0.2, 0) is 11.3 Å². The topological polar surface area (TPSA) is 63.5 Å². The molecule has 27 heavy (non-hydrogen) atoms. The van der Waals surface area contributed by atoms with Crippen molar-refractivity contribution >= 4 is 5.91 Å². The number of carbonyl (C=O) groups is 1. The summed E-state index contributed by atoms with van der Waals surface area (Å²) in [6.07, 6.45) is 5.43. The summed E-state index contributed by atoms with van der Waals surface area (Å²) in [7, 11) is 0. The molecule has 2 aromatic rings. The monoisotopic (exact) mass is 369 g/mol. The first-order chi connectivity index (χ1) is 13.2. The quantitative estimate of drug-likeness (QED) is 0.806. The van der Waals surface area contributed by atoms with Crippen LogP contribution in [0.5, 0.6) is 5.88 Å². The highest BCUT2D eigenvalue weighted by atomic mass is 16.5. The summed E-state index contributed by atoms with van der Waals surface area (Å²) in [6, 6.07) is 7.61. The fourth-order valence-corrected chi connectivity index (χ4v) is 4.05. The molecule has 0 N–H and O–H groups in total. The molecule has 144 valence electrons. The maximum atomic E-state index is 13.1. The number of hydrogen-bond acceptors (Lipinski definition) is 5. The van der Waals surface area contributed by atoms with Crippen LogP contribution in [0.1, 0.15) is 31.5 Å². The van der Waals surface area contributed by atoms with Crippen LogP contribution in [0, 0.1) is 5.92 Å². The highest BCUT2D eigenvalue weighted by Crippen LogP contribution is 2.26. The summed E-state index contributed by atoms with van der Waals surface area (Å²) in [4.78, 5) is 21.7. The standard InChI is InChI=1S/C20H27N5O2/c1-2-23-11-7-16(8-12-23)20(26)24-13-17-6-10-22-25(17)18(14-24)15-27-19-5-3-4-9-21-19/h3-6,9-10,16,18H,2,7-8,11-15H2,1H3. The van der Waals surface area contributed by atoms with E-state index in [1.807, 2.05) is 33.8 Å². The van der Waals surface area contributed by atoms with Crippen molar-refractivity contribution in [1.82, 2.24) is 24.6 Å². The van der Waals surface area contributed by atoms with E-state index in [-0.39, 0.29) is 17.9 Å². The fraction of sp³-hybridized carbons (Fsp3) is 0.550. The molecular weight excluding hydrogens is 342 g/mol. The molecule has 0 radical (unpaired) electrons. The number of aromatic nitrogens is 3. The SMILES string of the molecule is CCN1CCC(C(=O)N2Cc3ccnn3C(COc3ccccn3)C2)CC1. The van der Waals surface area contributed by atoms with E-state index >= 15 is 0 Å². The predicted octanol–water partition coefficient (Wildman–Crippen LogP) is 1.97. The second kappa shape index (κ2) is 8.08. The molecule has 4 rings (SSSR count). The molecule has 0 saturated carbocycles. The van der Waals surface area contributed by atoms with E-state index in [1.54, 1.807) is 12.4 Å². The number of ether oxygens (including phenoxy) is 1. The van der Waals surface area contributed by atoms with Gasteiger partial charge < -0.3 is 14.5 Å². The Kier molecular flexibility index (Phi) is 5.38. The lowest BCUT2D eigenvalue weighted by Gasteiger charge is -2.38. The van der Waals surface area contributed by atoms with Crippen LogP contribution < -0.4 is 4.74 Å². The molecule has 4 heterocycles. The van der Waals surface area contributed by atoms with Crippen LogP contribution in [0.4, 0.5) is 0 Å². The zero-order valence-electron chi connectivity index (χ0n) is 15.8. The van der Waals surface area contributed by atoms with Gasteiger partial charge >= 0.3 is 0 Å². The number of hydrogen-bond donors (Lipinski definition) is 0. The van der Waals surface area contributed by atoms with E-state index < -0.39 is 0 Å². The summed E-state index contributed by atoms with van der Waals surface area (Å²) in [5, 5.41) is 4.45. The number of nitrogens with zero attached hydrogens (tertiary/aromatic N) is 5. The summed E-state index contributed by atoms with van der Waals surface area (Å²) in [5.41, 5.74) is 1.07. The summed E-state index contributed by atoms with van der Waals surface area (Å²) < 4.78 is 7.85. The van der Waals surface area contributed by atoms with Gasteiger partial charge in [0.25, 0.3) is 0 Å². The normalized spacial score (nSPS) is 21.1. The van der Waals surface area contributed by atoms with E-state index in [4.69, 9.17) is 4.74 Å². The number of pyridine rings is 1. The lowest BCUT2D eigenvalue weighted by molar-refractivity contribution is -0.139. The van der Waals surface area contributed by atoms with Crippen LogP contribution in [0.25, 0.3) is 0 Å². The number of rotatable bonds is 5. The van der Waals surface area contributed by atoms with E-state index in [0.717, 1.165) is 38.2 Å². The van der Waals surface area contributed by atoms with Crippen LogP contribution in [0.3, 0.4) is 0 Å². The number of likely N-dealkylation sites (tertiary alicyclic amines) is 1. The third kappa shape index (κ3) is 3.98. The van der Waals surface area contributed by atoms with Gasteiger partial charge in [-0.05, 0) is 44.6 Å². The Morgan fingerprint density at radius 1 is 1.22 bits per heavy atom. The van der Waals surface area contributed by atoms with Gasteiger partial charge in [-0.15, -0.1) is 0 Å². The zero-order chi connectivity index (χ0) is 18.6. The van der Waals surface area contributed by atoms with Crippen molar-refractivity contribution < 1.29 is 9.53 Å². The molecule has 1 amide bonds. The van der Waals surface area contributed by atoms with Crippen LogP contribution in [-0.4, -0.2) is 63.3 Å². The molecule has 2 aromatic heterocycles. The summed E-state index contributed by atoms with van der Waals surface area (Å²) in [6.45, 7) is 7.00. The van der Waals surface area contributed by atoms with Crippen molar-refractivity contribution in [3.8, 4) is 5.88 Å². The van der Waals surface area contributed by atoms with Gasteiger partial charge in [0.15, 0.2) is 0 Å². The Morgan fingerprint density at radius 3 is 2.81 bits per heavy atom. The zero-order valence-corrected chi connectivity index (χ0v) is 15.8. The van der Waals surface area contributed by atoms with Gasteiger partial charge in [0.05, 0.1) is 12.2 Å². The highest BCUT2D eigenvalue weighted by Gasteiger charge is 2.33. The van der Waals surface area contributed by atoms with Gasteiger partial charge in [0, 0.05) is 30.9 Å². The second-order valence-electron chi connectivity index (χ2n) is 7.33. The van der Waals surface area contributed by atoms with Crippen molar-refractivity contribution in [2.45, 2.75) is 32.4 Å². The van der Waals surface area contributed by atoms with Gasteiger partial charge in [0.1, 0.15) is 12.6 Å². The minimum atomic E-state index is 0.00503. The molecule has 1 unspecified atom stereocenters. The first-order valence-electron chi connectivity index (χ1n) is 9.82. The number of amides is 1. The molecule has 1 fully saturated rings. The smallest absolute Gasteiger partial charge is 0.226 e. The Bertz CT molecular complexity index is 755. The first kappa shape index (κ1) is 18.0. The molecule has 7 heteroatoms. The lowest BCUT2D eigenvalue weighted by Crippen LogP contribution is -2.47. The largest absolute Gasteiger partial charge is 0.475 e. The lowest BCUT2D eigenvalue weighted by atomic mass is 9.94. The molecule has 2 aliphatic rings. The van der Waals surface area contributed by atoms with Gasteiger partial charge in [-0.1, -0.05) is 13.0 Å². The Labute approximate surface area is 159 Å². The maximum absolute atomic E-state index is 13.1. The molecule has 0 spiro atoms. The van der Waals surface area contributed by atoms with Crippen molar-refractivity contribution in [1.29, 1.82) is 0 Å². The number of fused-ring (bicyclic) bond motifs is 1. The van der Waals surface area contributed by atoms with Crippen molar-refractivity contribution in [3.63, 3.8) is 0 Å². The molecule has 1 saturated heterocycles. The predicted molar refractivity (Wildman–Crippen MR) is 101 cm³/mol. The minimum Gasteiger partial charge on any atom is -0.475 e. The van der Waals surface area contributed by atoms with Crippen molar-refractivity contribution in [2.24, 2.45) is 5.92 Å². The van der Waals surface area contributed by atoms with Crippen molar-refractivity contribution in [2.75, 3.05) is 32.8 Å². The fourth-order valence-electron chi connectivity index (χ4n) is 4.05. The van der Waals surface area contributed by atoms with Crippen molar-refractivity contribution in [3.05, 3.63) is 42.4 Å². The number of carbonyl (C=O) groups excluding carboxylic acids is 1. The molecule has 2 aliphatic heterocycles. The van der Waals surface area contributed by atoms with Gasteiger partial charge in [-0.3, -0.25) is 9.48 Å². The van der Waals surface area contributed by atoms with Gasteiger partial charge in [-0.25, -0.2) is 4.98 Å². The van der Waals surface area contributed by atoms with Crippen LogP contribution >= 0.6 is 0 Å². The molecular formula is C20H27N5O2. The molecule has 0 aliphatic carbocycles. The Balaban J connectivity index is 1.42. The van der Waals surface area contributed by atoms with E-state index in [2.05, 4.69) is 21.9 Å². The second-order valence-corrected chi connectivity index (χ2v) is 7.33. The van der Waals surface area contributed by atoms with E-state index in [0.29, 0.717) is 25.6 Å². The molecule has 0 aromatic carbocycles.